The zero-order valence-electron chi connectivity index (χ0n) is 9.63. The standard InChI is InChI=1S/C12H11ClN2O2S/c1-15(7-8-3-2-4-18-8)11-5-9(12(16)17)10(13)6-14-11/h2-6H,7H2,1H3,(H,16,17). The van der Waals surface area contributed by atoms with Crippen molar-refractivity contribution in [3.8, 4) is 0 Å². The molecule has 2 heterocycles. The summed E-state index contributed by atoms with van der Waals surface area (Å²) >= 11 is 7.43. The lowest BCUT2D eigenvalue weighted by Gasteiger charge is -2.17. The second kappa shape index (κ2) is 5.37. The van der Waals surface area contributed by atoms with Gasteiger partial charge in [-0.3, -0.25) is 0 Å². The molecular formula is C12H11ClN2O2S. The second-order valence-corrected chi connectivity index (χ2v) is 5.20. The van der Waals surface area contributed by atoms with Crippen molar-refractivity contribution in [2.75, 3.05) is 11.9 Å². The summed E-state index contributed by atoms with van der Waals surface area (Å²) in [5, 5.41) is 11.1. The highest BCUT2D eigenvalue weighted by molar-refractivity contribution is 7.09. The number of aromatic nitrogens is 1. The zero-order chi connectivity index (χ0) is 13.1. The molecule has 2 aromatic rings. The van der Waals surface area contributed by atoms with Crippen LogP contribution in [-0.4, -0.2) is 23.1 Å². The Bertz CT molecular complexity index is 557. The summed E-state index contributed by atoms with van der Waals surface area (Å²) in [4.78, 5) is 18.2. The molecule has 6 heteroatoms. The third-order valence-corrected chi connectivity index (χ3v) is 3.60. The summed E-state index contributed by atoms with van der Waals surface area (Å²) in [5.74, 6) is -0.460. The molecule has 2 rings (SSSR count). The largest absolute Gasteiger partial charge is 0.478 e. The maximum absolute atomic E-state index is 11.0. The Morgan fingerprint density at radius 3 is 3.00 bits per heavy atom. The van der Waals surface area contributed by atoms with Crippen molar-refractivity contribution < 1.29 is 9.90 Å². The van der Waals surface area contributed by atoms with E-state index in [0.717, 1.165) is 0 Å². The maximum atomic E-state index is 11.0. The number of hydrogen-bond acceptors (Lipinski definition) is 4. The minimum atomic E-state index is -1.05. The van der Waals surface area contributed by atoms with Crippen LogP contribution in [0.2, 0.25) is 5.02 Å². The molecule has 0 fully saturated rings. The Labute approximate surface area is 113 Å². The summed E-state index contributed by atoms with van der Waals surface area (Å²) in [6, 6.07) is 5.49. The number of aromatic carboxylic acids is 1. The number of carbonyl (C=O) groups is 1. The van der Waals surface area contributed by atoms with E-state index in [2.05, 4.69) is 4.98 Å². The molecule has 0 amide bonds. The van der Waals surface area contributed by atoms with E-state index in [-0.39, 0.29) is 10.6 Å². The lowest BCUT2D eigenvalue weighted by Crippen LogP contribution is -2.17. The predicted octanol–water partition coefficient (Wildman–Crippen LogP) is 3.13. The van der Waals surface area contributed by atoms with Crippen LogP contribution in [0.1, 0.15) is 15.2 Å². The first-order valence-corrected chi connectivity index (χ1v) is 6.46. The first kappa shape index (κ1) is 12.9. The first-order chi connectivity index (χ1) is 8.58. The van der Waals surface area contributed by atoms with E-state index in [4.69, 9.17) is 16.7 Å². The molecule has 0 radical (unpaired) electrons. The molecule has 0 aliphatic rings. The van der Waals surface area contributed by atoms with E-state index < -0.39 is 5.97 Å². The summed E-state index contributed by atoms with van der Waals surface area (Å²) in [5.41, 5.74) is 0.0692. The van der Waals surface area contributed by atoms with Crippen LogP contribution >= 0.6 is 22.9 Å². The molecule has 18 heavy (non-hydrogen) atoms. The molecule has 1 N–H and O–H groups in total. The lowest BCUT2D eigenvalue weighted by molar-refractivity contribution is 0.0697. The van der Waals surface area contributed by atoms with Gasteiger partial charge in [0.25, 0.3) is 0 Å². The Hall–Kier alpha value is -1.59. The number of pyridine rings is 1. The fraction of sp³-hybridized carbons (Fsp3) is 0.167. The predicted molar refractivity (Wildman–Crippen MR) is 72.6 cm³/mol. The van der Waals surface area contributed by atoms with Gasteiger partial charge in [0.2, 0.25) is 0 Å². The van der Waals surface area contributed by atoms with Gasteiger partial charge in [0.15, 0.2) is 0 Å². The number of halogens is 1. The van der Waals surface area contributed by atoms with Gasteiger partial charge in [-0.1, -0.05) is 17.7 Å². The lowest BCUT2D eigenvalue weighted by atomic mass is 10.2. The van der Waals surface area contributed by atoms with Gasteiger partial charge in [-0.25, -0.2) is 9.78 Å². The van der Waals surface area contributed by atoms with Gasteiger partial charge in [0.05, 0.1) is 17.1 Å². The maximum Gasteiger partial charge on any atom is 0.337 e. The van der Waals surface area contributed by atoms with Gasteiger partial charge in [-0.05, 0) is 17.5 Å². The van der Waals surface area contributed by atoms with Gasteiger partial charge in [-0.2, -0.15) is 0 Å². The molecule has 2 aromatic heterocycles. The van der Waals surface area contributed by atoms with Crippen molar-refractivity contribution in [3.63, 3.8) is 0 Å². The minimum Gasteiger partial charge on any atom is -0.478 e. The van der Waals surface area contributed by atoms with Crippen LogP contribution in [0.15, 0.2) is 29.8 Å². The molecule has 0 aliphatic heterocycles. The number of hydrogen-bond donors (Lipinski definition) is 1. The average molecular weight is 283 g/mol. The van der Waals surface area contributed by atoms with Crippen molar-refractivity contribution in [2.24, 2.45) is 0 Å². The van der Waals surface area contributed by atoms with Gasteiger partial charge >= 0.3 is 5.97 Å². The molecular weight excluding hydrogens is 272 g/mol. The average Bonchev–Trinajstić information content (AvgIpc) is 2.81. The van der Waals surface area contributed by atoms with Crippen molar-refractivity contribution in [1.82, 2.24) is 4.98 Å². The first-order valence-electron chi connectivity index (χ1n) is 5.20. The Morgan fingerprint density at radius 2 is 2.39 bits per heavy atom. The number of rotatable bonds is 4. The van der Waals surface area contributed by atoms with Crippen molar-refractivity contribution >= 4 is 34.7 Å². The number of carboxylic acid groups (broad SMARTS) is 1. The smallest absolute Gasteiger partial charge is 0.337 e. The molecule has 4 nitrogen and oxygen atoms in total. The van der Waals surface area contributed by atoms with Crippen molar-refractivity contribution in [1.29, 1.82) is 0 Å². The Morgan fingerprint density at radius 1 is 1.61 bits per heavy atom. The molecule has 0 bridgehead atoms. The minimum absolute atomic E-state index is 0.0692. The highest BCUT2D eigenvalue weighted by Gasteiger charge is 2.12. The van der Waals surface area contributed by atoms with Crippen LogP contribution in [0.5, 0.6) is 0 Å². The third kappa shape index (κ3) is 2.80. The fourth-order valence-electron chi connectivity index (χ4n) is 1.52. The van der Waals surface area contributed by atoms with E-state index >= 15 is 0 Å². The van der Waals surface area contributed by atoms with E-state index in [1.54, 1.807) is 11.3 Å². The summed E-state index contributed by atoms with van der Waals surface area (Å²) in [6.45, 7) is 0.686. The van der Waals surface area contributed by atoms with Crippen LogP contribution in [0.25, 0.3) is 0 Å². The number of thiophene rings is 1. The Balaban J connectivity index is 2.22. The topological polar surface area (TPSA) is 53.4 Å². The molecule has 94 valence electrons. The monoisotopic (exact) mass is 282 g/mol. The molecule has 0 atom stereocenters. The van der Waals surface area contributed by atoms with Crippen LogP contribution in [-0.2, 0) is 6.54 Å². The fourth-order valence-corrected chi connectivity index (χ4v) is 2.46. The van der Waals surface area contributed by atoms with Gasteiger partial charge in [0, 0.05) is 18.1 Å². The quantitative estimate of drug-likeness (QED) is 0.936. The highest BCUT2D eigenvalue weighted by atomic mass is 35.5. The van der Waals surface area contributed by atoms with Gasteiger partial charge in [0.1, 0.15) is 5.82 Å². The second-order valence-electron chi connectivity index (χ2n) is 3.76. The van der Waals surface area contributed by atoms with Crippen LogP contribution in [0.4, 0.5) is 5.82 Å². The summed E-state index contributed by atoms with van der Waals surface area (Å²) < 4.78 is 0. The summed E-state index contributed by atoms with van der Waals surface area (Å²) in [7, 11) is 1.86. The molecule has 0 saturated heterocycles. The number of anilines is 1. The van der Waals surface area contributed by atoms with E-state index in [0.29, 0.717) is 12.4 Å². The summed E-state index contributed by atoms with van der Waals surface area (Å²) in [6.07, 6.45) is 1.37. The van der Waals surface area contributed by atoms with E-state index in [1.165, 1.54) is 17.1 Å². The van der Waals surface area contributed by atoms with Gasteiger partial charge < -0.3 is 10.0 Å². The van der Waals surface area contributed by atoms with Gasteiger partial charge in [-0.15, -0.1) is 11.3 Å². The molecule has 0 saturated carbocycles. The van der Waals surface area contributed by atoms with Crippen LogP contribution in [0, 0.1) is 0 Å². The van der Waals surface area contributed by atoms with E-state index in [1.807, 2.05) is 29.5 Å². The number of carboxylic acids is 1. The molecule has 0 spiro atoms. The van der Waals surface area contributed by atoms with Crippen LogP contribution < -0.4 is 4.90 Å². The Kier molecular flexibility index (Phi) is 3.84. The zero-order valence-corrected chi connectivity index (χ0v) is 11.2. The number of nitrogens with zero attached hydrogens (tertiary/aromatic N) is 2. The highest BCUT2D eigenvalue weighted by Crippen LogP contribution is 2.21. The SMILES string of the molecule is CN(Cc1cccs1)c1cc(C(=O)O)c(Cl)cn1. The normalized spacial score (nSPS) is 10.3. The van der Waals surface area contributed by atoms with Crippen molar-refractivity contribution in [2.45, 2.75) is 6.54 Å². The van der Waals surface area contributed by atoms with Crippen molar-refractivity contribution in [3.05, 3.63) is 45.2 Å². The molecule has 0 unspecified atom stereocenters. The van der Waals surface area contributed by atoms with E-state index in [9.17, 15) is 4.79 Å². The third-order valence-electron chi connectivity index (χ3n) is 2.44. The molecule has 0 aromatic carbocycles. The van der Waals surface area contributed by atoms with Crippen LogP contribution in [0.3, 0.4) is 0 Å². The molecule has 0 aliphatic carbocycles.